The van der Waals surface area contributed by atoms with Gasteiger partial charge in [-0.1, -0.05) is 6.92 Å². The van der Waals surface area contributed by atoms with E-state index in [1.165, 1.54) is 0 Å². The van der Waals surface area contributed by atoms with Crippen LogP contribution in [0.5, 0.6) is 0 Å². The van der Waals surface area contributed by atoms with Crippen LogP contribution in [0.15, 0.2) is 0 Å². The lowest BCUT2D eigenvalue weighted by molar-refractivity contribution is 0.0795. The molecule has 0 saturated heterocycles. The van der Waals surface area contributed by atoms with E-state index in [-0.39, 0.29) is 5.91 Å². The summed E-state index contributed by atoms with van der Waals surface area (Å²) in [4.78, 5) is 14.1. The fourth-order valence-corrected chi connectivity index (χ4v) is 2.01. The van der Waals surface area contributed by atoms with Crippen LogP contribution in [0.2, 0.25) is 0 Å². The molecule has 0 radical (unpaired) electrons. The van der Waals surface area contributed by atoms with Crippen molar-refractivity contribution in [2.24, 2.45) is 0 Å². The molecule has 1 aromatic rings. The largest absolute Gasteiger partial charge is 0.340 e. The van der Waals surface area contributed by atoms with Crippen molar-refractivity contribution in [3.63, 3.8) is 0 Å². The van der Waals surface area contributed by atoms with Crippen LogP contribution in [0.3, 0.4) is 0 Å². The smallest absolute Gasteiger partial charge is 0.257 e. The predicted octanol–water partition coefficient (Wildman–Crippen LogP) is 1.20. The lowest BCUT2D eigenvalue weighted by Gasteiger charge is -2.17. The summed E-state index contributed by atoms with van der Waals surface area (Å²) in [6.45, 7) is 8.33. The van der Waals surface area contributed by atoms with Crippen molar-refractivity contribution in [2.75, 3.05) is 27.2 Å². The first kappa shape index (κ1) is 14.7. The Bertz CT molecular complexity index is 411. The summed E-state index contributed by atoms with van der Waals surface area (Å²) >= 11 is 0. The molecule has 5 nitrogen and oxygen atoms in total. The van der Waals surface area contributed by atoms with Gasteiger partial charge in [-0.2, -0.15) is 5.10 Å². The fourth-order valence-electron chi connectivity index (χ4n) is 2.01. The van der Waals surface area contributed by atoms with E-state index in [1.807, 2.05) is 32.6 Å². The average Bonchev–Trinajstić information content (AvgIpc) is 2.61. The van der Waals surface area contributed by atoms with Crippen molar-refractivity contribution in [3.8, 4) is 0 Å². The lowest BCUT2D eigenvalue weighted by Crippen LogP contribution is -2.33. The van der Waals surface area contributed by atoms with E-state index in [2.05, 4.69) is 17.3 Å². The molecule has 1 rings (SSSR count). The third-order valence-electron chi connectivity index (χ3n) is 3.07. The third-order valence-corrected chi connectivity index (χ3v) is 3.07. The minimum atomic E-state index is 0.0580. The monoisotopic (exact) mass is 252 g/mol. The minimum absolute atomic E-state index is 0.0580. The average molecular weight is 252 g/mol. The second-order valence-corrected chi connectivity index (χ2v) is 4.60. The van der Waals surface area contributed by atoms with Gasteiger partial charge in [0, 0.05) is 32.4 Å². The normalized spacial score (nSPS) is 10.7. The zero-order valence-electron chi connectivity index (χ0n) is 12.1. The van der Waals surface area contributed by atoms with Gasteiger partial charge in [0.25, 0.3) is 5.91 Å². The summed E-state index contributed by atoms with van der Waals surface area (Å²) < 4.78 is 1.93. The van der Waals surface area contributed by atoms with E-state index < -0.39 is 0 Å². The molecule has 1 aromatic heterocycles. The van der Waals surface area contributed by atoms with Gasteiger partial charge in [-0.15, -0.1) is 0 Å². The highest BCUT2D eigenvalue weighted by molar-refractivity contribution is 5.96. The summed E-state index contributed by atoms with van der Waals surface area (Å²) in [6.07, 6.45) is 1.02. The molecule has 0 saturated carbocycles. The maximum Gasteiger partial charge on any atom is 0.257 e. The summed E-state index contributed by atoms with van der Waals surface area (Å²) in [5.74, 6) is 0.0580. The molecule has 0 aliphatic carbocycles. The van der Waals surface area contributed by atoms with E-state index in [1.54, 1.807) is 4.90 Å². The van der Waals surface area contributed by atoms with Gasteiger partial charge in [0.1, 0.15) is 0 Å². The zero-order valence-corrected chi connectivity index (χ0v) is 12.1. The van der Waals surface area contributed by atoms with Gasteiger partial charge < -0.3 is 10.2 Å². The first-order valence-corrected chi connectivity index (χ1v) is 6.47. The highest BCUT2D eigenvalue weighted by Gasteiger charge is 2.20. The Labute approximate surface area is 109 Å². The van der Waals surface area contributed by atoms with Crippen LogP contribution in [0.25, 0.3) is 0 Å². The van der Waals surface area contributed by atoms with Crippen LogP contribution in [0, 0.1) is 13.8 Å². The number of likely N-dealkylation sites (N-methyl/N-ethyl adjacent to an activating group) is 2. The number of hydrogen-bond acceptors (Lipinski definition) is 3. The van der Waals surface area contributed by atoms with Crippen LogP contribution < -0.4 is 5.32 Å². The van der Waals surface area contributed by atoms with Crippen molar-refractivity contribution in [1.82, 2.24) is 20.0 Å². The standard InChI is InChI=1S/C13H24N4O/c1-6-8-17-11(3)12(10(2)15-17)13(18)16(5)9-7-14-4/h14H,6-9H2,1-5H3. The van der Waals surface area contributed by atoms with E-state index in [0.29, 0.717) is 6.54 Å². The Morgan fingerprint density at radius 1 is 1.44 bits per heavy atom. The van der Waals surface area contributed by atoms with Crippen molar-refractivity contribution < 1.29 is 4.79 Å². The van der Waals surface area contributed by atoms with Crippen LogP contribution in [-0.2, 0) is 6.54 Å². The van der Waals surface area contributed by atoms with Gasteiger partial charge in [-0.05, 0) is 27.3 Å². The van der Waals surface area contributed by atoms with Crippen LogP contribution in [-0.4, -0.2) is 47.8 Å². The van der Waals surface area contributed by atoms with Crippen molar-refractivity contribution >= 4 is 5.91 Å². The molecule has 0 spiro atoms. The van der Waals surface area contributed by atoms with Crippen molar-refractivity contribution in [3.05, 3.63) is 17.0 Å². The van der Waals surface area contributed by atoms with Crippen LogP contribution >= 0.6 is 0 Å². The molecule has 0 fully saturated rings. The molecule has 0 unspecified atom stereocenters. The zero-order chi connectivity index (χ0) is 13.7. The van der Waals surface area contributed by atoms with Crippen LogP contribution in [0.4, 0.5) is 0 Å². The lowest BCUT2D eigenvalue weighted by atomic mass is 10.1. The number of amides is 1. The number of hydrogen-bond donors (Lipinski definition) is 1. The van der Waals surface area contributed by atoms with Crippen molar-refractivity contribution in [1.29, 1.82) is 0 Å². The molecule has 1 amide bonds. The summed E-state index contributed by atoms with van der Waals surface area (Å²) in [7, 11) is 3.71. The van der Waals surface area contributed by atoms with E-state index in [0.717, 1.165) is 36.5 Å². The Kier molecular flexibility index (Phi) is 5.34. The molecular formula is C13H24N4O. The van der Waals surface area contributed by atoms with Gasteiger partial charge in [-0.25, -0.2) is 0 Å². The first-order chi connectivity index (χ1) is 8.52. The maximum absolute atomic E-state index is 12.4. The second kappa shape index (κ2) is 6.54. The molecular weight excluding hydrogens is 228 g/mol. The molecule has 0 atom stereocenters. The van der Waals surface area contributed by atoms with Crippen molar-refractivity contribution in [2.45, 2.75) is 33.7 Å². The van der Waals surface area contributed by atoms with Gasteiger partial charge in [0.15, 0.2) is 0 Å². The first-order valence-electron chi connectivity index (χ1n) is 6.47. The van der Waals surface area contributed by atoms with Gasteiger partial charge in [0.2, 0.25) is 0 Å². The molecule has 102 valence electrons. The number of aryl methyl sites for hydroxylation is 2. The number of nitrogens with zero attached hydrogens (tertiary/aromatic N) is 3. The number of aromatic nitrogens is 2. The Morgan fingerprint density at radius 3 is 2.67 bits per heavy atom. The Morgan fingerprint density at radius 2 is 2.11 bits per heavy atom. The number of nitrogens with one attached hydrogen (secondary N) is 1. The highest BCUT2D eigenvalue weighted by Crippen LogP contribution is 2.15. The van der Waals surface area contributed by atoms with Gasteiger partial charge in [0.05, 0.1) is 11.3 Å². The number of carbonyl (C=O) groups excluding carboxylic acids is 1. The topological polar surface area (TPSA) is 50.2 Å². The SMILES string of the molecule is CCCn1nc(C)c(C(=O)N(C)CCNC)c1C. The molecule has 0 aromatic carbocycles. The summed E-state index contributed by atoms with van der Waals surface area (Å²) in [6, 6.07) is 0. The van der Waals surface area contributed by atoms with Gasteiger partial charge >= 0.3 is 0 Å². The predicted molar refractivity (Wildman–Crippen MR) is 72.9 cm³/mol. The Balaban J connectivity index is 2.91. The second-order valence-electron chi connectivity index (χ2n) is 4.60. The van der Waals surface area contributed by atoms with E-state index >= 15 is 0 Å². The number of carbonyl (C=O) groups is 1. The van der Waals surface area contributed by atoms with Crippen LogP contribution in [0.1, 0.15) is 35.1 Å². The molecule has 18 heavy (non-hydrogen) atoms. The molecule has 1 heterocycles. The van der Waals surface area contributed by atoms with Gasteiger partial charge in [-0.3, -0.25) is 9.48 Å². The Hall–Kier alpha value is -1.36. The fraction of sp³-hybridized carbons (Fsp3) is 0.692. The highest BCUT2D eigenvalue weighted by atomic mass is 16.2. The minimum Gasteiger partial charge on any atom is -0.340 e. The third kappa shape index (κ3) is 3.10. The summed E-state index contributed by atoms with van der Waals surface area (Å²) in [5, 5.41) is 7.48. The molecule has 5 heteroatoms. The molecule has 1 N–H and O–H groups in total. The molecule has 0 bridgehead atoms. The van der Waals surface area contributed by atoms with E-state index in [9.17, 15) is 4.79 Å². The number of rotatable bonds is 6. The quantitative estimate of drug-likeness (QED) is 0.827. The maximum atomic E-state index is 12.4. The van der Waals surface area contributed by atoms with E-state index in [4.69, 9.17) is 0 Å². The summed E-state index contributed by atoms with van der Waals surface area (Å²) in [5.41, 5.74) is 2.54. The molecule has 0 aliphatic rings. The molecule has 0 aliphatic heterocycles.